The van der Waals surface area contributed by atoms with Gasteiger partial charge >= 0.3 is 0 Å². The Labute approximate surface area is 119 Å². The van der Waals surface area contributed by atoms with Crippen molar-refractivity contribution < 1.29 is 9.47 Å². The van der Waals surface area contributed by atoms with Gasteiger partial charge < -0.3 is 9.47 Å². The zero-order valence-corrected chi connectivity index (χ0v) is 11.8. The van der Waals surface area contributed by atoms with E-state index in [2.05, 4.69) is 12.1 Å². The molecule has 2 atom stereocenters. The van der Waals surface area contributed by atoms with E-state index in [1.165, 1.54) is 0 Å². The first-order chi connectivity index (χ1) is 9.74. The molecule has 20 heavy (non-hydrogen) atoms. The molecular formula is C16H18N2O2. The first kappa shape index (κ1) is 14.2. The van der Waals surface area contributed by atoms with Crippen molar-refractivity contribution in [2.45, 2.75) is 31.6 Å². The van der Waals surface area contributed by atoms with Crippen LogP contribution in [0.5, 0.6) is 11.5 Å². The van der Waals surface area contributed by atoms with Gasteiger partial charge in [-0.2, -0.15) is 10.5 Å². The van der Waals surface area contributed by atoms with Crippen LogP contribution in [0.3, 0.4) is 0 Å². The topological polar surface area (TPSA) is 66.0 Å². The Morgan fingerprint density at radius 3 is 2.45 bits per heavy atom. The van der Waals surface area contributed by atoms with Crippen molar-refractivity contribution >= 4 is 0 Å². The number of hydrogen-bond acceptors (Lipinski definition) is 4. The molecule has 1 aromatic rings. The molecule has 1 fully saturated rings. The van der Waals surface area contributed by atoms with Gasteiger partial charge in [-0.25, -0.2) is 0 Å². The fourth-order valence-electron chi connectivity index (χ4n) is 3.01. The lowest BCUT2D eigenvalue weighted by Crippen LogP contribution is -2.08. The van der Waals surface area contributed by atoms with Crippen molar-refractivity contribution in [3.8, 4) is 23.6 Å². The van der Waals surface area contributed by atoms with Crippen molar-refractivity contribution in [1.82, 2.24) is 0 Å². The summed E-state index contributed by atoms with van der Waals surface area (Å²) in [5.41, 5.74) is 2.01. The number of methoxy groups -OCH3 is 2. The average molecular weight is 270 g/mol. The van der Waals surface area contributed by atoms with Crippen molar-refractivity contribution in [2.24, 2.45) is 5.92 Å². The van der Waals surface area contributed by atoms with Crippen LogP contribution in [0, 0.1) is 28.6 Å². The van der Waals surface area contributed by atoms with E-state index in [0.717, 1.165) is 30.4 Å². The molecule has 0 saturated heterocycles. The van der Waals surface area contributed by atoms with Crippen LogP contribution in [0.15, 0.2) is 12.1 Å². The van der Waals surface area contributed by atoms with E-state index < -0.39 is 0 Å². The highest BCUT2D eigenvalue weighted by Gasteiger charge is 2.31. The normalized spacial score (nSPS) is 21.0. The second-order valence-electron chi connectivity index (χ2n) is 5.01. The van der Waals surface area contributed by atoms with E-state index in [1.54, 1.807) is 14.2 Å². The van der Waals surface area contributed by atoms with Crippen molar-refractivity contribution in [3.63, 3.8) is 0 Å². The third kappa shape index (κ3) is 2.56. The summed E-state index contributed by atoms with van der Waals surface area (Å²) in [6.07, 6.45) is 3.31. The molecule has 0 bridgehead atoms. The maximum Gasteiger partial charge on any atom is 0.161 e. The van der Waals surface area contributed by atoms with E-state index in [4.69, 9.17) is 14.7 Å². The highest BCUT2D eigenvalue weighted by Crippen LogP contribution is 2.43. The highest BCUT2D eigenvalue weighted by molar-refractivity contribution is 5.50. The van der Waals surface area contributed by atoms with Gasteiger partial charge in [-0.3, -0.25) is 0 Å². The summed E-state index contributed by atoms with van der Waals surface area (Å²) < 4.78 is 10.6. The fraction of sp³-hybridized carbons (Fsp3) is 0.500. The molecule has 4 nitrogen and oxygen atoms in total. The molecule has 0 radical (unpaired) electrons. The van der Waals surface area contributed by atoms with Gasteiger partial charge in [0.25, 0.3) is 0 Å². The molecule has 0 aliphatic heterocycles. The molecule has 0 aromatic heterocycles. The molecular weight excluding hydrogens is 252 g/mol. The summed E-state index contributed by atoms with van der Waals surface area (Å²) in [5.74, 6) is 1.52. The van der Waals surface area contributed by atoms with E-state index >= 15 is 0 Å². The standard InChI is InChI=1S/C16H18N2O2/c1-19-15-8-11(6-7-17)14(9-16(15)20-2)13-5-3-4-12(13)10-18/h8-9,12-13H,3-6H2,1-2H3. The Morgan fingerprint density at radius 2 is 1.85 bits per heavy atom. The Kier molecular flexibility index (Phi) is 4.48. The van der Waals surface area contributed by atoms with Crippen molar-refractivity contribution in [2.75, 3.05) is 14.2 Å². The first-order valence-electron chi connectivity index (χ1n) is 6.76. The zero-order valence-electron chi connectivity index (χ0n) is 11.8. The van der Waals surface area contributed by atoms with Crippen LogP contribution in [-0.2, 0) is 6.42 Å². The number of hydrogen-bond donors (Lipinski definition) is 0. The molecule has 0 amide bonds. The van der Waals surface area contributed by atoms with Gasteiger partial charge in [0.1, 0.15) is 0 Å². The second kappa shape index (κ2) is 6.30. The average Bonchev–Trinajstić information content (AvgIpc) is 2.95. The van der Waals surface area contributed by atoms with Gasteiger partial charge in [-0.05, 0) is 36.1 Å². The number of ether oxygens (including phenoxy) is 2. The van der Waals surface area contributed by atoms with Crippen LogP contribution in [-0.4, -0.2) is 14.2 Å². The van der Waals surface area contributed by atoms with Gasteiger partial charge in [0, 0.05) is 5.92 Å². The third-order valence-corrected chi connectivity index (χ3v) is 4.00. The smallest absolute Gasteiger partial charge is 0.161 e. The number of nitrogens with zero attached hydrogens (tertiary/aromatic N) is 2. The van der Waals surface area contributed by atoms with Crippen molar-refractivity contribution in [3.05, 3.63) is 23.3 Å². The lowest BCUT2D eigenvalue weighted by atomic mass is 9.85. The molecule has 2 unspecified atom stereocenters. The monoisotopic (exact) mass is 270 g/mol. The van der Waals surface area contributed by atoms with E-state index in [9.17, 15) is 5.26 Å². The minimum absolute atomic E-state index is 0.0329. The van der Waals surface area contributed by atoms with Crippen LogP contribution >= 0.6 is 0 Å². The Hall–Kier alpha value is -2.20. The zero-order chi connectivity index (χ0) is 14.5. The fourth-order valence-corrected chi connectivity index (χ4v) is 3.01. The van der Waals surface area contributed by atoms with Crippen LogP contribution in [0.4, 0.5) is 0 Å². The second-order valence-corrected chi connectivity index (χ2v) is 5.01. The van der Waals surface area contributed by atoms with Crippen LogP contribution in [0.1, 0.15) is 36.3 Å². The Bertz CT molecular complexity index is 569. The maximum absolute atomic E-state index is 9.27. The summed E-state index contributed by atoms with van der Waals surface area (Å²) in [6.45, 7) is 0. The van der Waals surface area contributed by atoms with Crippen molar-refractivity contribution in [1.29, 1.82) is 10.5 Å². The highest BCUT2D eigenvalue weighted by atomic mass is 16.5. The Morgan fingerprint density at radius 1 is 1.15 bits per heavy atom. The predicted molar refractivity (Wildman–Crippen MR) is 74.6 cm³/mol. The Balaban J connectivity index is 2.50. The molecule has 2 rings (SSSR count). The van der Waals surface area contributed by atoms with Gasteiger partial charge in [-0.1, -0.05) is 6.42 Å². The lowest BCUT2D eigenvalue weighted by Gasteiger charge is -2.20. The molecule has 104 valence electrons. The summed E-state index contributed by atoms with van der Waals surface area (Å²) in [6, 6.07) is 8.38. The summed E-state index contributed by atoms with van der Waals surface area (Å²) in [7, 11) is 3.18. The van der Waals surface area contributed by atoms with Gasteiger partial charge in [0.15, 0.2) is 11.5 Å². The van der Waals surface area contributed by atoms with Crippen LogP contribution < -0.4 is 9.47 Å². The molecule has 1 aliphatic carbocycles. The molecule has 1 aliphatic rings. The minimum Gasteiger partial charge on any atom is -0.493 e. The first-order valence-corrected chi connectivity index (χ1v) is 6.76. The molecule has 0 heterocycles. The molecule has 1 saturated carbocycles. The van der Waals surface area contributed by atoms with Crippen LogP contribution in [0.25, 0.3) is 0 Å². The third-order valence-electron chi connectivity index (χ3n) is 4.00. The number of benzene rings is 1. The van der Waals surface area contributed by atoms with Gasteiger partial charge in [-0.15, -0.1) is 0 Å². The largest absolute Gasteiger partial charge is 0.493 e. The summed E-state index contributed by atoms with van der Waals surface area (Å²) >= 11 is 0. The minimum atomic E-state index is 0.0329. The van der Waals surface area contributed by atoms with Gasteiger partial charge in [0.2, 0.25) is 0 Å². The van der Waals surface area contributed by atoms with E-state index in [1.807, 2.05) is 12.1 Å². The number of rotatable bonds is 4. The molecule has 1 aromatic carbocycles. The summed E-state index contributed by atoms with van der Waals surface area (Å²) in [4.78, 5) is 0. The molecule has 0 N–H and O–H groups in total. The number of nitriles is 2. The summed E-state index contributed by atoms with van der Waals surface area (Å²) in [5, 5.41) is 18.3. The van der Waals surface area contributed by atoms with Gasteiger partial charge in [0.05, 0.1) is 38.7 Å². The van der Waals surface area contributed by atoms with E-state index in [-0.39, 0.29) is 11.8 Å². The molecule has 4 heteroatoms. The quantitative estimate of drug-likeness (QED) is 0.842. The van der Waals surface area contributed by atoms with E-state index in [0.29, 0.717) is 17.9 Å². The van der Waals surface area contributed by atoms with Crippen LogP contribution in [0.2, 0.25) is 0 Å². The lowest BCUT2D eigenvalue weighted by molar-refractivity contribution is 0.353. The SMILES string of the molecule is COc1cc(CC#N)c(C2CCCC2C#N)cc1OC. The molecule has 0 spiro atoms. The maximum atomic E-state index is 9.27. The predicted octanol–water partition coefficient (Wildman–Crippen LogP) is 3.18.